The van der Waals surface area contributed by atoms with Crippen molar-refractivity contribution in [3.63, 3.8) is 0 Å². The minimum atomic E-state index is -0.618. The van der Waals surface area contributed by atoms with Gasteiger partial charge in [-0.3, -0.25) is 9.48 Å². The van der Waals surface area contributed by atoms with E-state index < -0.39 is 11.5 Å². The molecule has 1 aliphatic rings. The molecule has 1 saturated heterocycles. The molecule has 0 radical (unpaired) electrons. The summed E-state index contributed by atoms with van der Waals surface area (Å²) in [7, 11) is 0. The maximum absolute atomic E-state index is 12.5. The first-order valence-electron chi connectivity index (χ1n) is 12.8. The molecule has 0 atom stereocenters. The van der Waals surface area contributed by atoms with Crippen LogP contribution in [0.2, 0.25) is 0 Å². The number of nitrogen functional groups attached to an aromatic ring is 1. The predicted molar refractivity (Wildman–Crippen MR) is 142 cm³/mol. The van der Waals surface area contributed by atoms with Crippen LogP contribution in [0.15, 0.2) is 36.7 Å². The van der Waals surface area contributed by atoms with Gasteiger partial charge in [-0.15, -0.1) is 0 Å². The summed E-state index contributed by atoms with van der Waals surface area (Å²) in [6, 6.07) is 8.13. The number of nitrogens with two attached hydrogens (primary N) is 2. The van der Waals surface area contributed by atoms with Gasteiger partial charge in [0.25, 0.3) is 5.91 Å². The molecule has 4 N–H and O–H groups in total. The van der Waals surface area contributed by atoms with Gasteiger partial charge in [0.1, 0.15) is 22.7 Å². The van der Waals surface area contributed by atoms with Crippen LogP contribution in [0.3, 0.4) is 0 Å². The molecule has 0 bridgehead atoms. The van der Waals surface area contributed by atoms with Gasteiger partial charge in [0, 0.05) is 24.8 Å². The number of likely N-dealkylation sites (tertiary alicyclic amines) is 1. The second-order valence-electron chi connectivity index (χ2n) is 10.7. The van der Waals surface area contributed by atoms with Crippen LogP contribution in [0.4, 0.5) is 10.6 Å². The average Bonchev–Trinajstić information content (AvgIpc) is 3.38. The van der Waals surface area contributed by atoms with E-state index in [2.05, 4.69) is 24.2 Å². The smallest absolute Gasteiger partial charge is 0.410 e. The fourth-order valence-corrected chi connectivity index (χ4v) is 4.75. The van der Waals surface area contributed by atoms with Crippen molar-refractivity contribution in [2.45, 2.75) is 71.6 Å². The second-order valence-corrected chi connectivity index (χ2v) is 10.7. The van der Waals surface area contributed by atoms with Crippen LogP contribution in [0, 0.1) is 6.92 Å². The lowest BCUT2D eigenvalue weighted by Crippen LogP contribution is -2.39. The largest absolute Gasteiger partial charge is 0.444 e. The molecule has 0 spiro atoms. The third-order valence-corrected chi connectivity index (χ3v) is 6.62. The highest BCUT2D eigenvalue weighted by atomic mass is 16.6. The Morgan fingerprint density at radius 2 is 1.81 bits per heavy atom. The van der Waals surface area contributed by atoms with E-state index in [9.17, 15) is 9.59 Å². The minimum Gasteiger partial charge on any atom is -0.444 e. The van der Waals surface area contributed by atoms with Gasteiger partial charge in [-0.25, -0.2) is 9.48 Å². The van der Waals surface area contributed by atoms with Gasteiger partial charge in [0.2, 0.25) is 0 Å². The lowest BCUT2D eigenvalue weighted by Gasteiger charge is -2.30. The molecule has 0 saturated carbocycles. The SMILES string of the molecule is Cc1ccccc1Cn1cc(-c2nn(C3CCCN(C(=O)OC(C)(C)C)CCC3)c(N)c2C(N)=O)cn1. The molecule has 1 aliphatic heterocycles. The van der Waals surface area contributed by atoms with Crippen LogP contribution >= 0.6 is 0 Å². The van der Waals surface area contributed by atoms with Crippen molar-refractivity contribution in [3.05, 3.63) is 53.3 Å². The highest BCUT2D eigenvalue weighted by Gasteiger charge is 2.28. The van der Waals surface area contributed by atoms with Gasteiger partial charge in [-0.1, -0.05) is 24.3 Å². The summed E-state index contributed by atoms with van der Waals surface area (Å²) in [6.07, 6.45) is 6.31. The van der Waals surface area contributed by atoms with Gasteiger partial charge in [-0.05, 0) is 64.5 Å². The number of aryl methyl sites for hydroxylation is 1. The van der Waals surface area contributed by atoms with Gasteiger partial charge in [-0.2, -0.15) is 10.2 Å². The first kappa shape index (κ1) is 26.2. The first-order chi connectivity index (χ1) is 17.5. The molecule has 1 fully saturated rings. The number of hydrogen-bond acceptors (Lipinski definition) is 6. The molecule has 0 unspecified atom stereocenters. The Kier molecular flexibility index (Phi) is 7.56. The molecule has 10 heteroatoms. The Bertz CT molecular complexity index is 1260. The molecule has 3 aromatic rings. The zero-order valence-corrected chi connectivity index (χ0v) is 22.1. The number of amides is 2. The highest BCUT2D eigenvalue weighted by Crippen LogP contribution is 2.33. The number of aromatic nitrogens is 4. The predicted octanol–water partition coefficient (Wildman–Crippen LogP) is 4.14. The highest BCUT2D eigenvalue weighted by molar-refractivity contribution is 6.03. The monoisotopic (exact) mass is 507 g/mol. The summed E-state index contributed by atoms with van der Waals surface area (Å²) >= 11 is 0. The summed E-state index contributed by atoms with van der Waals surface area (Å²) in [5, 5.41) is 9.25. The van der Waals surface area contributed by atoms with E-state index >= 15 is 0 Å². The van der Waals surface area contributed by atoms with E-state index in [1.807, 2.05) is 43.8 Å². The zero-order chi connectivity index (χ0) is 26.7. The molecule has 198 valence electrons. The van der Waals surface area contributed by atoms with Gasteiger partial charge in [0.15, 0.2) is 0 Å². The van der Waals surface area contributed by atoms with Crippen molar-refractivity contribution < 1.29 is 14.3 Å². The normalized spacial score (nSPS) is 15.3. The number of primary amides is 1. The number of ether oxygens (including phenoxy) is 1. The molecule has 3 heterocycles. The van der Waals surface area contributed by atoms with E-state index in [0.29, 0.717) is 30.9 Å². The molecule has 2 aromatic heterocycles. The summed E-state index contributed by atoms with van der Waals surface area (Å²) < 4.78 is 9.09. The lowest BCUT2D eigenvalue weighted by molar-refractivity contribution is 0.0228. The molecule has 37 heavy (non-hydrogen) atoms. The topological polar surface area (TPSA) is 134 Å². The quantitative estimate of drug-likeness (QED) is 0.533. The number of carbonyl (C=O) groups is 2. The Hall–Kier alpha value is -3.82. The molecule has 4 rings (SSSR count). The fraction of sp³-hybridized carbons (Fsp3) is 0.481. The number of carbonyl (C=O) groups excluding carboxylic acids is 2. The third kappa shape index (κ3) is 6.12. The number of benzene rings is 1. The second kappa shape index (κ2) is 10.7. The molecule has 10 nitrogen and oxygen atoms in total. The molecule has 0 aliphatic carbocycles. The van der Waals surface area contributed by atoms with Crippen LogP contribution in [-0.2, 0) is 11.3 Å². The van der Waals surface area contributed by atoms with Crippen LogP contribution < -0.4 is 11.5 Å². The van der Waals surface area contributed by atoms with Crippen molar-refractivity contribution in [1.82, 2.24) is 24.5 Å². The number of rotatable bonds is 5. The van der Waals surface area contributed by atoms with E-state index in [-0.39, 0.29) is 23.5 Å². The maximum atomic E-state index is 12.5. The van der Waals surface area contributed by atoms with Gasteiger partial charge >= 0.3 is 6.09 Å². The van der Waals surface area contributed by atoms with Crippen molar-refractivity contribution >= 4 is 17.8 Å². The van der Waals surface area contributed by atoms with E-state index in [0.717, 1.165) is 31.2 Å². The van der Waals surface area contributed by atoms with Crippen LogP contribution in [0.1, 0.15) is 74.0 Å². The summed E-state index contributed by atoms with van der Waals surface area (Å²) in [6.45, 7) is 9.45. The summed E-state index contributed by atoms with van der Waals surface area (Å²) in [5.41, 5.74) is 15.4. The Morgan fingerprint density at radius 3 is 2.43 bits per heavy atom. The molecular weight excluding hydrogens is 470 g/mol. The Morgan fingerprint density at radius 1 is 1.14 bits per heavy atom. The van der Waals surface area contributed by atoms with Crippen molar-refractivity contribution in [1.29, 1.82) is 0 Å². The average molecular weight is 508 g/mol. The van der Waals surface area contributed by atoms with Crippen molar-refractivity contribution in [2.24, 2.45) is 5.73 Å². The number of nitrogens with zero attached hydrogens (tertiary/aromatic N) is 5. The van der Waals surface area contributed by atoms with Crippen LogP contribution in [0.25, 0.3) is 11.3 Å². The molecular formula is C27H37N7O3. The first-order valence-corrected chi connectivity index (χ1v) is 12.8. The van der Waals surface area contributed by atoms with E-state index in [4.69, 9.17) is 21.3 Å². The lowest BCUT2D eigenvalue weighted by atomic mass is 10.0. The standard InChI is InChI=1S/C27H37N7O3/c1-18-9-5-6-10-19(18)16-33-17-20(15-30-33)23-22(25(29)35)24(28)34(31-23)21-11-7-13-32(14-8-12-21)26(36)37-27(2,3)4/h5-6,9-10,15,17,21H,7-8,11-14,16,28H2,1-4H3,(H2,29,35). The fourth-order valence-electron chi connectivity index (χ4n) is 4.75. The molecule has 2 amide bonds. The van der Waals surface area contributed by atoms with Gasteiger partial charge < -0.3 is 21.1 Å². The summed E-state index contributed by atoms with van der Waals surface area (Å²) in [5.74, 6) is -0.351. The Labute approximate surface area is 217 Å². The molecule has 1 aromatic carbocycles. The zero-order valence-electron chi connectivity index (χ0n) is 22.1. The van der Waals surface area contributed by atoms with Crippen molar-refractivity contribution in [3.8, 4) is 11.3 Å². The van der Waals surface area contributed by atoms with E-state index in [1.165, 1.54) is 5.56 Å². The number of hydrogen-bond donors (Lipinski definition) is 2. The van der Waals surface area contributed by atoms with Gasteiger partial charge in [0.05, 0.1) is 18.8 Å². The van der Waals surface area contributed by atoms with Crippen molar-refractivity contribution in [2.75, 3.05) is 18.8 Å². The van der Waals surface area contributed by atoms with E-state index in [1.54, 1.807) is 15.8 Å². The minimum absolute atomic E-state index is 0.00495. The van der Waals surface area contributed by atoms with Crippen LogP contribution in [-0.4, -0.2) is 55.2 Å². The maximum Gasteiger partial charge on any atom is 0.410 e. The van der Waals surface area contributed by atoms with Crippen LogP contribution in [0.5, 0.6) is 0 Å². The summed E-state index contributed by atoms with van der Waals surface area (Å²) in [4.78, 5) is 26.7. The third-order valence-electron chi connectivity index (χ3n) is 6.62. The number of anilines is 1. The Balaban J connectivity index is 1.52.